The second kappa shape index (κ2) is 7.76. The summed E-state index contributed by atoms with van der Waals surface area (Å²) >= 11 is 0. The third kappa shape index (κ3) is 4.85. The van der Waals surface area contributed by atoms with Crippen molar-refractivity contribution < 1.29 is 9.53 Å². The molecule has 1 rings (SSSR count). The number of nitrogens with zero attached hydrogens (tertiary/aromatic N) is 2. The van der Waals surface area contributed by atoms with Gasteiger partial charge in [0, 0.05) is 20.6 Å². The molecule has 0 radical (unpaired) electrons. The number of para-hydroxylation sites is 1. The third-order valence-electron chi connectivity index (χ3n) is 3.06. The summed E-state index contributed by atoms with van der Waals surface area (Å²) in [5, 5.41) is 0. The number of hydrogen-bond acceptors (Lipinski definition) is 4. The number of carbonyl (C=O) groups is 1. The summed E-state index contributed by atoms with van der Waals surface area (Å²) < 4.78 is 5.72. The lowest BCUT2D eigenvalue weighted by Gasteiger charge is -2.27. The van der Waals surface area contributed by atoms with Gasteiger partial charge < -0.3 is 20.3 Å². The molecular weight excluding hydrogens is 266 g/mol. The summed E-state index contributed by atoms with van der Waals surface area (Å²) in [6.07, 6.45) is 1.00. The number of carbonyl (C=O) groups excluding carboxylic acids is 1. The molecule has 0 unspecified atom stereocenters. The Bertz CT molecular complexity index is 473. The molecule has 0 aliphatic carbocycles. The van der Waals surface area contributed by atoms with Crippen LogP contribution in [0.15, 0.2) is 18.2 Å². The zero-order chi connectivity index (χ0) is 16.0. The highest BCUT2D eigenvalue weighted by Gasteiger charge is 2.17. The lowest BCUT2D eigenvalue weighted by Crippen LogP contribution is -2.37. The summed E-state index contributed by atoms with van der Waals surface area (Å²) in [5.74, 6) is 0.721. The molecule has 0 spiro atoms. The summed E-state index contributed by atoms with van der Waals surface area (Å²) in [6, 6.07) is 5.70. The Morgan fingerprint density at radius 1 is 1.33 bits per heavy atom. The quantitative estimate of drug-likeness (QED) is 0.784. The van der Waals surface area contributed by atoms with Gasteiger partial charge in [-0.3, -0.25) is 4.79 Å². The van der Waals surface area contributed by atoms with Crippen molar-refractivity contribution in [2.45, 2.75) is 33.3 Å². The van der Waals surface area contributed by atoms with Crippen LogP contribution in [0.2, 0.25) is 0 Å². The Labute approximate surface area is 127 Å². The first-order chi connectivity index (χ1) is 9.86. The molecule has 0 bridgehead atoms. The van der Waals surface area contributed by atoms with Crippen LogP contribution in [0.1, 0.15) is 27.2 Å². The van der Waals surface area contributed by atoms with Crippen molar-refractivity contribution in [1.29, 1.82) is 0 Å². The van der Waals surface area contributed by atoms with Gasteiger partial charge in [-0.15, -0.1) is 0 Å². The average Bonchev–Trinajstić information content (AvgIpc) is 2.40. The summed E-state index contributed by atoms with van der Waals surface area (Å²) in [5.41, 5.74) is 7.66. The van der Waals surface area contributed by atoms with Crippen molar-refractivity contribution in [1.82, 2.24) is 4.90 Å². The highest BCUT2D eigenvalue weighted by molar-refractivity contribution is 5.84. The molecule has 0 saturated carbocycles. The fourth-order valence-corrected chi connectivity index (χ4v) is 2.02. The van der Waals surface area contributed by atoms with E-state index in [-0.39, 0.29) is 12.0 Å². The molecule has 1 aromatic rings. The molecule has 0 aromatic heterocycles. The van der Waals surface area contributed by atoms with Gasteiger partial charge in [0.2, 0.25) is 5.91 Å². The monoisotopic (exact) mass is 293 g/mol. The Balaban J connectivity index is 3.04. The first kappa shape index (κ1) is 17.1. The fourth-order valence-electron chi connectivity index (χ4n) is 2.02. The van der Waals surface area contributed by atoms with Crippen molar-refractivity contribution in [2.24, 2.45) is 0 Å². The van der Waals surface area contributed by atoms with Gasteiger partial charge in [0.25, 0.3) is 0 Å². The van der Waals surface area contributed by atoms with E-state index < -0.39 is 0 Å². The number of hydrogen-bond donors (Lipinski definition) is 1. The zero-order valence-corrected chi connectivity index (χ0v) is 13.7. The van der Waals surface area contributed by atoms with E-state index in [1.807, 2.05) is 36.9 Å². The van der Waals surface area contributed by atoms with Crippen molar-refractivity contribution in [3.8, 4) is 5.75 Å². The lowest BCUT2D eigenvalue weighted by atomic mass is 10.2. The minimum Gasteiger partial charge on any atom is -0.489 e. The van der Waals surface area contributed by atoms with Crippen molar-refractivity contribution in [3.05, 3.63) is 18.2 Å². The maximum absolute atomic E-state index is 12.0. The largest absolute Gasteiger partial charge is 0.489 e. The third-order valence-corrected chi connectivity index (χ3v) is 3.06. The first-order valence-corrected chi connectivity index (χ1v) is 7.37. The standard InChI is InChI=1S/C16H27N3O2/c1-6-10-19(11-15(20)18(4)5)13-8-7-9-14(16(13)17)21-12(2)3/h7-9,12H,6,10-11,17H2,1-5H3. The topological polar surface area (TPSA) is 58.8 Å². The van der Waals surface area contributed by atoms with Crippen LogP contribution in [0.3, 0.4) is 0 Å². The average molecular weight is 293 g/mol. The molecule has 1 amide bonds. The number of amides is 1. The number of rotatable bonds is 7. The Kier molecular flexibility index (Phi) is 6.34. The predicted molar refractivity (Wildman–Crippen MR) is 87.8 cm³/mol. The lowest BCUT2D eigenvalue weighted by molar-refractivity contribution is -0.127. The number of nitrogens with two attached hydrogens (primary N) is 1. The molecule has 0 aliphatic rings. The molecule has 118 valence electrons. The van der Waals surface area contributed by atoms with Crippen molar-refractivity contribution in [2.75, 3.05) is 37.8 Å². The van der Waals surface area contributed by atoms with E-state index in [1.54, 1.807) is 19.0 Å². The Hall–Kier alpha value is -1.91. The molecule has 5 nitrogen and oxygen atoms in total. The van der Waals surface area contributed by atoms with E-state index in [2.05, 4.69) is 6.92 Å². The molecule has 1 aromatic carbocycles. The number of anilines is 2. The molecule has 0 saturated heterocycles. The van der Waals surface area contributed by atoms with Crippen LogP contribution in [0.25, 0.3) is 0 Å². The van der Waals surface area contributed by atoms with E-state index in [4.69, 9.17) is 10.5 Å². The van der Waals surface area contributed by atoms with E-state index in [0.29, 0.717) is 18.0 Å². The van der Waals surface area contributed by atoms with Gasteiger partial charge in [-0.1, -0.05) is 13.0 Å². The molecule has 0 atom stereocenters. The highest BCUT2D eigenvalue weighted by atomic mass is 16.5. The molecule has 2 N–H and O–H groups in total. The first-order valence-electron chi connectivity index (χ1n) is 7.37. The van der Waals surface area contributed by atoms with Gasteiger partial charge in [0.05, 0.1) is 24.0 Å². The summed E-state index contributed by atoms with van der Waals surface area (Å²) in [4.78, 5) is 15.6. The zero-order valence-electron chi connectivity index (χ0n) is 13.7. The number of nitrogen functional groups attached to an aromatic ring is 1. The normalized spacial score (nSPS) is 10.6. The fraction of sp³-hybridized carbons (Fsp3) is 0.562. The van der Waals surface area contributed by atoms with Gasteiger partial charge in [0.15, 0.2) is 0 Å². The van der Waals surface area contributed by atoms with Crippen LogP contribution in [0.4, 0.5) is 11.4 Å². The molecule has 0 fully saturated rings. The van der Waals surface area contributed by atoms with Gasteiger partial charge in [-0.2, -0.15) is 0 Å². The van der Waals surface area contributed by atoms with Crippen molar-refractivity contribution >= 4 is 17.3 Å². The van der Waals surface area contributed by atoms with Crippen LogP contribution >= 0.6 is 0 Å². The maximum atomic E-state index is 12.0. The van der Waals surface area contributed by atoms with Crippen LogP contribution in [-0.4, -0.2) is 44.1 Å². The number of likely N-dealkylation sites (N-methyl/N-ethyl adjacent to an activating group) is 1. The van der Waals surface area contributed by atoms with Crippen LogP contribution in [0.5, 0.6) is 5.75 Å². The maximum Gasteiger partial charge on any atom is 0.241 e. The van der Waals surface area contributed by atoms with E-state index in [1.165, 1.54) is 0 Å². The second-order valence-electron chi connectivity index (χ2n) is 5.57. The molecule has 0 aliphatic heterocycles. The molecular formula is C16H27N3O2. The highest BCUT2D eigenvalue weighted by Crippen LogP contribution is 2.33. The molecule has 5 heteroatoms. The molecule has 21 heavy (non-hydrogen) atoms. The minimum absolute atomic E-state index is 0.0537. The van der Waals surface area contributed by atoms with Crippen LogP contribution in [-0.2, 0) is 4.79 Å². The summed E-state index contributed by atoms with van der Waals surface area (Å²) in [7, 11) is 3.52. The van der Waals surface area contributed by atoms with E-state index >= 15 is 0 Å². The van der Waals surface area contributed by atoms with Gasteiger partial charge in [-0.25, -0.2) is 0 Å². The predicted octanol–water partition coefficient (Wildman–Crippen LogP) is 2.36. The van der Waals surface area contributed by atoms with E-state index in [9.17, 15) is 4.79 Å². The van der Waals surface area contributed by atoms with Crippen LogP contribution < -0.4 is 15.4 Å². The smallest absolute Gasteiger partial charge is 0.241 e. The Morgan fingerprint density at radius 3 is 2.52 bits per heavy atom. The van der Waals surface area contributed by atoms with Gasteiger partial charge in [-0.05, 0) is 32.4 Å². The van der Waals surface area contributed by atoms with E-state index in [0.717, 1.165) is 18.7 Å². The molecule has 0 heterocycles. The van der Waals surface area contributed by atoms with Crippen LogP contribution in [0, 0.1) is 0 Å². The summed E-state index contributed by atoms with van der Waals surface area (Å²) in [6.45, 7) is 7.10. The second-order valence-corrected chi connectivity index (χ2v) is 5.57. The SMILES string of the molecule is CCCN(CC(=O)N(C)C)c1cccc(OC(C)C)c1N. The van der Waals surface area contributed by atoms with Crippen molar-refractivity contribution in [3.63, 3.8) is 0 Å². The number of ether oxygens (including phenoxy) is 1. The van der Waals surface area contributed by atoms with Gasteiger partial charge >= 0.3 is 0 Å². The van der Waals surface area contributed by atoms with Gasteiger partial charge in [0.1, 0.15) is 5.75 Å². The number of benzene rings is 1. The Morgan fingerprint density at radius 2 is 2.00 bits per heavy atom. The minimum atomic E-state index is 0.0537.